The molecule has 1 atom stereocenters. The van der Waals surface area contributed by atoms with Gasteiger partial charge in [0.15, 0.2) is 12.8 Å². The monoisotopic (exact) mass is 280 g/mol. The Labute approximate surface area is 125 Å². The summed E-state index contributed by atoms with van der Waals surface area (Å²) >= 11 is 0. The fourth-order valence-electron chi connectivity index (χ4n) is 2.81. The molecule has 21 heavy (non-hydrogen) atoms. The van der Waals surface area contributed by atoms with E-state index in [1.54, 1.807) is 6.21 Å². The van der Waals surface area contributed by atoms with Gasteiger partial charge >= 0.3 is 0 Å². The van der Waals surface area contributed by atoms with Crippen LogP contribution < -0.4 is 0 Å². The Bertz CT molecular complexity index is 554. The van der Waals surface area contributed by atoms with Crippen molar-refractivity contribution >= 4 is 6.21 Å². The summed E-state index contributed by atoms with van der Waals surface area (Å²) in [6, 6.07) is 21.2. The van der Waals surface area contributed by atoms with Crippen molar-refractivity contribution in [1.82, 2.24) is 4.90 Å². The van der Waals surface area contributed by atoms with Gasteiger partial charge < -0.3 is 5.21 Å². The van der Waals surface area contributed by atoms with Gasteiger partial charge in [0.05, 0.1) is 6.04 Å². The molecular formula is C18H20N2O. The van der Waals surface area contributed by atoms with E-state index in [0.29, 0.717) is 12.6 Å². The third-order valence-electron chi connectivity index (χ3n) is 3.95. The Balaban J connectivity index is 1.74. The van der Waals surface area contributed by atoms with Gasteiger partial charge in [-0.3, -0.25) is 4.90 Å². The topological polar surface area (TPSA) is 29.3 Å². The largest absolute Gasteiger partial charge is 0.624 e. The van der Waals surface area contributed by atoms with E-state index in [4.69, 9.17) is 0 Å². The van der Waals surface area contributed by atoms with Crippen molar-refractivity contribution < 1.29 is 4.74 Å². The molecular weight excluding hydrogens is 260 g/mol. The van der Waals surface area contributed by atoms with Crippen LogP contribution >= 0.6 is 0 Å². The first-order valence-corrected chi connectivity index (χ1v) is 7.40. The summed E-state index contributed by atoms with van der Waals surface area (Å²) < 4.78 is 1.06. The molecule has 0 radical (unpaired) electrons. The molecule has 2 aromatic rings. The van der Waals surface area contributed by atoms with E-state index in [1.807, 2.05) is 12.1 Å². The summed E-state index contributed by atoms with van der Waals surface area (Å²) in [6.45, 7) is 2.32. The standard InChI is InChI=1S/C18H20N2O/c21-20-12-11-18(15-20)19(13-16-7-3-1-4-8-16)14-17-9-5-2-6-10-17/h1-10,12,18H,11,13-15H2/t18-/m0/s1. The van der Waals surface area contributed by atoms with Crippen LogP contribution in [-0.2, 0) is 13.1 Å². The molecule has 0 spiro atoms. The summed E-state index contributed by atoms with van der Waals surface area (Å²) in [6.07, 6.45) is 2.59. The van der Waals surface area contributed by atoms with Crippen molar-refractivity contribution in [2.75, 3.05) is 6.54 Å². The summed E-state index contributed by atoms with van der Waals surface area (Å²) in [5.74, 6) is 0. The number of hydrogen-bond acceptors (Lipinski definition) is 2. The van der Waals surface area contributed by atoms with E-state index in [9.17, 15) is 5.21 Å². The van der Waals surface area contributed by atoms with Crippen LogP contribution in [0.3, 0.4) is 0 Å². The lowest BCUT2D eigenvalue weighted by molar-refractivity contribution is -0.449. The van der Waals surface area contributed by atoms with E-state index < -0.39 is 0 Å². The minimum absolute atomic E-state index is 0.294. The molecule has 108 valence electrons. The zero-order chi connectivity index (χ0) is 14.5. The lowest BCUT2D eigenvalue weighted by Gasteiger charge is -2.27. The second-order valence-electron chi connectivity index (χ2n) is 5.55. The van der Waals surface area contributed by atoms with Crippen LogP contribution in [0.1, 0.15) is 17.5 Å². The molecule has 3 heteroatoms. The Morgan fingerprint density at radius 2 is 1.43 bits per heavy atom. The molecule has 0 bridgehead atoms. The SMILES string of the molecule is [O-][N+]1=CC[C@H](N(Cc2ccccc2)Cc2ccccc2)C1. The molecule has 1 aliphatic heterocycles. The van der Waals surface area contributed by atoms with Gasteiger partial charge in [-0.2, -0.15) is 0 Å². The van der Waals surface area contributed by atoms with Crippen molar-refractivity contribution in [2.24, 2.45) is 0 Å². The second kappa shape index (κ2) is 6.55. The third kappa shape index (κ3) is 3.70. The highest BCUT2D eigenvalue weighted by Crippen LogP contribution is 2.17. The third-order valence-corrected chi connectivity index (χ3v) is 3.95. The van der Waals surface area contributed by atoms with Crippen molar-refractivity contribution in [3.8, 4) is 0 Å². The number of nitrogens with zero attached hydrogens (tertiary/aromatic N) is 2. The number of hydroxylamine groups is 1. The zero-order valence-corrected chi connectivity index (χ0v) is 12.1. The fourth-order valence-corrected chi connectivity index (χ4v) is 2.81. The normalized spacial score (nSPS) is 18.0. The van der Waals surface area contributed by atoms with Gasteiger partial charge in [-0.15, -0.1) is 0 Å². The van der Waals surface area contributed by atoms with Gasteiger partial charge in [0.25, 0.3) is 0 Å². The van der Waals surface area contributed by atoms with Gasteiger partial charge in [0.2, 0.25) is 0 Å². The average Bonchev–Trinajstić information content (AvgIpc) is 2.95. The molecule has 0 aromatic heterocycles. The highest BCUT2D eigenvalue weighted by molar-refractivity contribution is 5.54. The summed E-state index contributed by atoms with van der Waals surface area (Å²) in [4.78, 5) is 2.40. The maximum atomic E-state index is 11.5. The molecule has 1 aliphatic rings. The van der Waals surface area contributed by atoms with Crippen LogP contribution in [0.25, 0.3) is 0 Å². The minimum atomic E-state index is 0.294. The lowest BCUT2D eigenvalue weighted by atomic mass is 10.1. The second-order valence-corrected chi connectivity index (χ2v) is 5.55. The molecule has 0 saturated carbocycles. The lowest BCUT2D eigenvalue weighted by Crippen LogP contribution is -2.36. The minimum Gasteiger partial charge on any atom is -0.624 e. The maximum absolute atomic E-state index is 11.5. The van der Waals surface area contributed by atoms with Gasteiger partial charge in [-0.1, -0.05) is 60.7 Å². The highest BCUT2D eigenvalue weighted by Gasteiger charge is 2.26. The van der Waals surface area contributed by atoms with Crippen LogP contribution in [0, 0.1) is 5.21 Å². The van der Waals surface area contributed by atoms with Crippen LogP contribution in [0.4, 0.5) is 0 Å². The van der Waals surface area contributed by atoms with Crippen molar-refractivity contribution in [3.05, 3.63) is 77.0 Å². The van der Waals surface area contributed by atoms with Crippen molar-refractivity contribution in [3.63, 3.8) is 0 Å². The molecule has 0 N–H and O–H groups in total. The van der Waals surface area contributed by atoms with E-state index >= 15 is 0 Å². The Morgan fingerprint density at radius 1 is 0.905 bits per heavy atom. The predicted octanol–water partition coefficient (Wildman–Crippen LogP) is 3.04. The molecule has 3 nitrogen and oxygen atoms in total. The van der Waals surface area contributed by atoms with Crippen LogP contribution in [0.2, 0.25) is 0 Å². The van der Waals surface area contributed by atoms with E-state index in [2.05, 4.69) is 53.4 Å². The molecule has 0 amide bonds. The Kier molecular flexibility index (Phi) is 4.31. The fraction of sp³-hybridized carbons (Fsp3) is 0.278. The van der Waals surface area contributed by atoms with E-state index in [-0.39, 0.29) is 0 Å². The maximum Gasteiger partial charge on any atom is 0.169 e. The van der Waals surface area contributed by atoms with Crippen molar-refractivity contribution in [1.29, 1.82) is 0 Å². The number of rotatable bonds is 5. The van der Waals surface area contributed by atoms with Gasteiger partial charge in [0.1, 0.15) is 0 Å². The number of hydrogen-bond donors (Lipinski definition) is 0. The molecule has 3 rings (SSSR count). The zero-order valence-electron chi connectivity index (χ0n) is 12.1. The van der Waals surface area contributed by atoms with E-state index in [1.165, 1.54) is 11.1 Å². The molecule has 0 saturated heterocycles. The van der Waals surface area contributed by atoms with Crippen LogP contribution in [0.15, 0.2) is 60.7 Å². The van der Waals surface area contributed by atoms with Crippen LogP contribution in [0.5, 0.6) is 0 Å². The average molecular weight is 280 g/mol. The first-order chi connectivity index (χ1) is 10.3. The molecule has 2 aromatic carbocycles. The number of benzene rings is 2. The highest BCUT2D eigenvalue weighted by atomic mass is 16.5. The quantitative estimate of drug-likeness (QED) is 0.622. The summed E-state index contributed by atoms with van der Waals surface area (Å²) in [5, 5.41) is 11.5. The molecule has 0 fully saturated rings. The van der Waals surface area contributed by atoms with Crippen molar-refractivity contribution in [2.45, 2.75) is 25.6 Å². The summed E-state index contributed by atoms with van der Waals surface area (Å²) in [5.41, 5.74) is 2.58. The predicted molar refractivity (Wildman–Crippen MR) is 85.1 cm³/mol. The summed E-state index contributed by atoms with van der Waals surface area (Å²) in [7, 11) is 0. The smallest absolute Gasteiger partial charge is 0.169 e. The molecule has 1 heterocycles. The van der Waals surface area contributed by atoms with E-state index in [0.717, 1.165) is 24.2 Å². The Morgan fingerprint density at radius 3 is 1.86 bits per heavy atom. The first kappa shape index (κ1) is 13.8. The van der Waals surface area contributed by atoms with Gasteiger partial charge in [-0.05, 0) is 11.1 Å². The van der Waals surface area contributed by atoms with Crippen LogP contribution in [-0.4, -0.2) is 28.4 Å². The first-order valence-electron chi connectivity index (χ1n) is 7.40. The molecule has 0 unspecified atom stereocenters. The van der Waals surface area contributed by atoms with Gasteiger partial charge in [-0.25, -0.2) is 4.74 Å². The molecule has 0 aliphatic carbocycles. The van der Waals surface area contributed by atoms with Gasteiger partial charge in [0, 0.05) is 19.5 Å². The Hall–Kier alpha value is -2.13.